The smallest absolute Gasteiger partial charge is 0.324 e. The van der Waals surface area contributed by atoms with Crippen molar-refractivity contribution in [1.29, 1.82) is 0 Å². The van der Waals surface area contributed by atoms with Crippen LogP contribution in [-0.4, -0.2) is 50.1 Å². The number of urea groups is 1. The highest BCUT2D eigenvalue weighted by atomic mass is 19.1. The maximum atomic E-state index is 13.0. The van der Waals surface area contributed by atoms with Gasteiger partial charge in [0.05, 0.1) is 7.11 Å². The lowest BCUT2D eigenvalue weighted by atomic mass is 10.2. The maximum Gasteiger partial charge on any atom is 0.324 e. The summed E-state index contributed by atoms with van der Waals surface area (Å²) < 4.78 is 18.1. The Morgan fingerprint density at radius 1 is 0.962 bits per heavy atom. The Labute approximate surface area is 151 Å². The van der Waals surface area contributed by atoms with E-state index in [2.05, 4.69) is 10.2 Å². The van der Waals surface area contributed by atoms with Crippen molar-refractivity contribution in [3.8, 4) is 5.75 Å². The van der Waals surface area contributed by atoms with Crippen LogP contribution in [0.1, 0.15) is 10.4 Å². The van der Waals surface area contributed by atoms with E-state index in [1.807, 2.05) is 0 Å². The van der Waals surface area contributed by atoms with E-state index in [4.69, 9.17) is 4.74 Å². The second kappa shape index (κ2) is 7.86. The van der Waals surface area contributed by atoms with Gasteiger partial charge in [0.25, 0.3) is 5.91 Å². The van der Waals surface area contributed by atoms with Crippen LogP contribution in [0.25, 0.3) is 0 Å². The van der Waals surface area contributed by atoms with Crippen molar-refractivity contribution in [1.82, 2.24) is 10.2 Å². The van der Waals surface area contributed by atoms with E-state index in [9.17, 15) is 14.0 Å². The predicted octanol–water partition coefficient (Wildman–Crippen LogP) is 2.51. The van der Waals surface area contributed by atoms with Crippen molar-refractivity contribution in [3.05, 3.63) is 59.9 Å². The second-order valence-corrected chi connectivity index (χ2v) is 5.94. The number of imide groups is 1. The fourth-order valence-corrected chi connectivity index (χ4v) is 2.81. The number of nitrogens with zero attached hydrogens (tertiary/aromatic N) is 2. The van der Waals surface area contributed by atoms with E-state index >= 15 is 0 Å². The summed E-state index contributed by atoms with van der Waals surface area (Å²) in [4.78, 5) is 28.1. The Hall–Kier alpha value is -3.09. The average molecular weight is 357 g/mol. The van der Waals surface area contributed by atoms with E-state index in [0.717, 1.165) is 5.69 Å². The molecular formula is C19H20FN3O3. The molecule has 1 heterocycles. The molecule has 136 valence electrons. The first-order chi connectivity index (χ1) is 12.6. The lowest BCUT2D eigenvalue weighted by Crippen LogP contribution is -2.52. The van der Waals surface area contributed by atoms with Crippen LogP contribution in [0.15, 0.2) is 48.5 Å². The Balaban J connectivity index is 1.53. The summed E-state index contributed by atoms with van der Waals surface area (Å²) in [6.45, 7) is 2.21. The number of amides is 3. The van der Waals surface area contributed by atoms with Crippen molar-refractivity contribution < 1.29 is 18.7 Å². The lowest BCUT2D eigenvalue weighted by molar-refractivity contribution is 0.0951. The number of anilines is 1. The number of hydrogen-bond donors (Lipinski definition) is 1. The molecule has 2 aromatic rings. The van der Waals surface area contributed by atoms with Crippen LogP contribution < -0.4 is 15.0 Å². The molecule has 1 aliphatic rings. The Morgan fingerprint density at radius 3 is 2.15 bits per heavy atom. The number of nitrogens with one attached hydrogen (secondary N) is 1. The van der Waals surface area contributed by atoms with Gasteiger partial charge in [-0.15, -0.1) is 0 Å². The van der Waals surface area contributed by atoms with E-state index in [0.29, 0.717) is 37.5 Å². The highest BCUT2D eigenvalue weighted by Gasteiger charge is 2.23. The van der Waals surface area contributed by atoms with Crippen LogP contribution in [0.3, 0.4) is 0 Å². The lowest BCUT2D eigenvalue weighted by Gasteiger charge is -2.35. The van der Waals surface area contributed by atoms with Gasteiger partial charge in [-0.05, 0) is 48.5 Å². The minimum absolute atomic E-state index is 0.274. The Morgan fingerprint density at radius 2 is 1.58 bits per heavy atom. The summed E-state index contributed by atoms with van der Waals surface area (Å²) in [5.74, 6) is -0.0767. The first kappa shape index (κ1) is 17.7. The molecule has 0 saturated carbocycles. The van der Waals surface area contributed by atoms with Gasteiger partial charge in [0.1, 0.15) is 11.6 Å². The zero-order valence-electron chi connectivity index (χ0n) is 14.4. The molecule has 26 heavy (non-hydrogen) atoms. The summed E-state index contributed by atoms with van der Waals surface area (Å²) in [7, 11) is 1.55. The third kappa shape index (κ3) is 4.11. The van der Waals surface area contributed by atoms with Crippen molar-refractivity contribution in [3.63, 3.8) is 0 Å². The molecular weight excluding hydrogens is 337 g/mol. The molecule has 0 unspecified atom stereocenters. The fraction of sp³-hybridized carbons (Fsp3) is 0.263. The van der Waals surface area contributed by atoms with Crippen LogP contribution in [0.4, 0.5) is 14.9 Å². The average Bonchev–Trinajstić information content (AvgIpc) is 2.68. The number of benzene rings is 2. The predicted molar refractivity (Wildman–Crippen MR) is 96.0 cm³/mol. The zero-order valence-corrected chi connectivity index (χ0v) is 14.4. The maximum absolute atomic E-state index is 13.0. The third-order valence-electron chi connectivity index (χ3n) is 4.33. The van der Waals surface area contributed by atoms with Crippen LogP contribution in [0, 0.1) is 5.82 Å². The van der Waals surface area contributed by atoms with Gasteiger partial charge in [-0.25, -0.2) is 9.18 Å². The molecule has 0 aromatic heterocycles. The minimum Gasteiger partial charge on any atom is -0.497 e. The van der Waals surface area contributed by atoms with Gasteiger partial charge in [0, 0.05) is 37.4 Å². The molecule has 0 aliphatic carbocycles. The Bertz CT molecular complexity index is 770. The fourth-order valence-electron chi connectivity index (χ4n) is 2.81. The van der Waals surface area contributed by atoms with Crippen molar-refractivity contribution in [2.24, 2.45) is 0 Å². The van der Waals surface area contributed by atoms with Gasteiger partial charge in [-0.1, -0.05) is 0 Å². The number of carbonyl (C=O) groups excluding carboxylic acids is 2. The number of hydrogen-bond acceptors (Lipinski definition) is 4. The molecule has 0 spiro atoms. The van der Waals surface area contributed by atoms with E-state index < -0.39 is 11.9 Å². The van der Waals surface area contributed by atoms with Crippen molar-refractivity contribution in [2.45, 2.75) is 0 Å². The summed E-state index contributed by atoms with van der Waals surface area (Å²) >= 11 is 0. The van der Waals surface area contributed by atoms with Gasteiger partial charge < -0.3 is 14.5 Å². The topological polar surface area (TPSA) is 61.9 Å². The highest BCUT2D eigenvalue weighted by Crippen LogP contribution is 2.17. The van der Waals surface area contributed by atoms with Gasteiger partial charge in [-0.2, -0.15) is 0 Å². The minimum atomic E-state index is -0.446. The third-order valence-corrected chi connectivity index (χ3v) is 4.33. The quantitative estimate of drug-likeness (QED) is 0.917. The first-order valence-electron chi connectivity index (χ1n) is 8.31. The van der Waals surface area contributed by atoms with Crippen LogP contribution >= 0.6 is 0 Å². The van der Waals surface area contributed by atoms with E-state index in [1.165, 1.54) is 12.1 Å². The molecule has 1 fully saturated rings. The van der Waals surface area contributed by atoms with Gasteiger partial charge in [0.15, 0.2) is 0 Å². The molecule has 6 nitrogen and oxygen atoms in total. The van der Waals surface area contributed by atoms with Gasteiger partial charge >= 0.3 is 6.03 Å². The molecule has 0 bridgehead atoms. The summed E-state index contributed by atoms with van der Waals surface area (Å²) in [5, 5.41) is 2.40. The number of halogens is 1. The second-order valence-electron chi connectivity index (χ2n) is 5.94. The van der Waals surface area contributed by atoms with E-state index in [1.54, 1.807) is 48.4 Å². The number of piperazine rings is 1. The van der Waals surface area contributed by atoms with E-state index in [-0.39, 0.29) is 5.82 Å². The highest BCUT2D eigenvalue weighted by molar-refractivity contribution is 6.04. The standard InChI is InChI=1S/C19H20FN3O3/c1-26-17-8-2-14(3-9-17)18(24)21-19(25)23-12-10-22(11-13-23)16-6-4-15(20)5-7-16/h2-9H,10-13H2,1H3,(H,21,24,25). The molecule has 3 rings (SSSR count). The van der Waals surface area contributed by atoms with Crippen molar-refractivity contribution >= 4 is 17.6 Å². The molecule has 3 amide bonds. The molecule has 1 N–H and O–H groups in total. The monoisotopic (exact) mass is 357 g/mol. The molecule has 1 saturated heterocycles. The molecule has 0 radical (unpaired) electrons. The summed E-state index contributed by atoms with van der Waals surface area (Å²) in [6, 6.07) is 12.4. The van der Waals surface area contributed by atoms with Gasteiger partial charge in [0.2, 0.25) is 0 Å². The number of ether oxygens (including phenoxy) is 1. The molecule has 7 heteroatoms. The molecule has 1 aliphatic heterocycles. The van der Waals surface area contributed by atoms with Crippen LogP contribution in [0.5, 0.6) is 5.75 Å². The SMILES string of the molecule is COc1ccc(C(=O)NC(=O)N2CCN(c3ccc(F)cc3)CC2)cc1. The number of carbonyl (C=O) groups is 2. The van der Waals surface area contributed by atoms with Crippen molar-refractivity contribution in [2.75, 3.05) is 38.2 Å². The largest absolute Gasteiger partial charge is 0.497 e. The number of methoxy groups -OCH3 is 1. The number of rotatable bonds is 3. The molecule has 2 aromatic carbocycles. The van der Waals surface area contributed by atoms with Gasteiger partial charge in [-0.3, -0.25) is 10.1 Å². The van der Waals surface area contributed by atoms with Crippen LogP contribution in [-0.2, 0) is 0 Å². The van der Waals surface area contributed by atoms with Crippen LogP contribution in [0.2, 0.25) is 0 Å². The summed E-state index contributed by atoms with van der Waals surface area (Å²) in [5.41, 5.74) is 1.31. The Kier molecular flexibility index (Phi) is 5.36. The first-order valence-corrected chi connectivity index (χ1v) is 8.31. The normalized spacial score (nSPS) is 14.1. The zero-order chi connectivity index (χ0) is 18.5. The summed E-state index contributed by atoms with van der Waals surface area (Å²) in [6.07, 6.45) is 0. The molecule has 0 atom stereocenters.